The van der Waals surface area contributed by atoms with E-state index < -0.39 is 78.5 Å². The number of aliphatic hydroxyl groups is 1. The summed E-state index contributed by atoms with van der Waals surface area (Å²) in [5.74, 6) is -4.30. The van der Waals surface area contributed by atoms with Crippen LogP contribution in [0.3, 0.4) is 0 Å². The van der Waals surface area contributed by atoms with Gasteiger partial charge in [-0.3, -0.25) is 38.5 Å². The van der Waals surface area contributed by atoms with Crippen LogP contribution in [0.4, 0.5) is 10.6 Å². The number of aromatic nitrogens is 7. The van der Waals surface area contributed by atoms with Crippen molar-refractivity contribution >= 4 is 115 Å². The topological polar surface area (TPSA) is 361 Å². The zero-order valence-electron chi connectivity index (χ0n) is 51.7. The van der Waals surface area contributed by atoms with E-state index in [2.05, 4.69) is 26.7 Å². The van der Waals surface area contributed by atoms with Gasteiger partial charge in [-0.05, 0) is 69.1 Å². The lowest BCUT2D eigenvalue weighted by Gasteiger charge is -2.28. The van der Waals surface area contributed by atoms with E-state index in [4.69, 9.17) is 49.2 Å². The Labute approximate surface area is 564 Å². The van der Waals surface area contributed by atoms with Gasteiger partial charge in [0.1, 0.15) is 89.2 Å². The minimum absolute atomic E-state index is 0.00527. The maximum Gasteiger partial charge on any atom is 0.415 e. The van der Waals surface area contributed by atoms with Crippen molar-refractivity contribution in [1.29, 1.82) is 0 Å². The van der Waals surface area contributed by atoms with Crippen LogP contribution >= 0.6 is 68.0 Å². The lowest BCUT2D eigenvalue weighted by atomic mass is 9.87. The first-order valence-corrected chi connectivity index (χ1v) is 35.4. The number of hydrogen-bond acceptors (Lipinski definition) is 25. The highest BCUT2D eigenvalue weighted by Crippen LogP contribution is 2.41. The third-order valence-corrected chi connectivity index (χ3v) is 21.3. The molecule has 1 aliphatic carbocycles. The van der Waals surface area contributed by atoms with Gasteiger partial charge in [-0.15, -0.1) is 68.0 Å². The van der Waals surface area contributed by atoms with Crippen LogP contribution in [0.5, 0.6) is 0 Å². The van der Waals surface area contributed by atoms with Crippen LogP contribution in [0, 0.1) is 18.8 Å². The molecule has 8 aromatic rings. The monoisotopic (exact) mass is 1400 g/mol. The molecule has 10 rings (SSSR count). The first-order chi connectivity index (χ1) is 45.3. The Morgan fingerprint density at radius 2 is 1.47 bits per heavy atom. The number of aryl methyl sites for hydroxylation is 1. The van der Waals surface area contributed by atoms with Crippen LogP contribution in [0.15, 0.2) is 64.0 Å². The Hall–Kier alpha value is -7.92. The minimum atomic E-state index is -1.29. The number of carboxylic acids is 2. The summed E-state index contributed by atoms with van der Waals surface area (Å²) in [6.45, 7) is 5.20. The largest absolute Gasteiger partial charge is 0.481 e. The van der Waals surface area contributed by atoms with Gasteiger partial charge in [-0.2, -0.15) is 5.48 Å². The highest BCUT2D eigenvalue weighted by atomic mass is 32.1. The number of anilines is 1. The predicted octanol–water partition coefficient (Wildman–Crippen LogP) is 10.2. The number of hydroxylamine groups is 1. The number of pyridine rings is 1. The molecule has 1 aromatic carbocycles. The van der Waals surface area contributed by atoms with Gasteiger partial charge in [-0.1, -0.05) is 57.0 Å². The molecule has 4 atom stereocenters. The number of aliphatic hydroxyl groups excluding tert-OH is 1. The Morgan fingerprint density at radius 3 is 2.21 bits per heavy atom. The Balaban J connectivity index is 1.00. The van der Waals surface area contributed by atoms with Crippen LogP contribution < -0.4 is 31.6 Å². The number of nitrogens with zero attached hydrogens (tertiary/aromatic N) is 8. The zero-order chi connectivity index (χ0) is 66.6. The SMILES string of the molecule is CNC(=O)C[C@@H]1NOCc2csc(n2)-c2ccc(-c3nc(N(CCCCCCC(=O)O)C(=O)O[C@H]4CC[C@H](C(=O)O)CC4)cs3)nc2-c2csc(n2)-c2csc(n2)[C@H]([C@@H](O)c2ccccc2)NC(=O)CNC(=O)c2nc(sc2COC)C(C(C)C)NC(=O)c2nc1sc2C. The highest BCUT2D eigenvalue weighted by Gasteiger charge is 2.34. The van der Waals surface area contributed by atoms with Crippen molar-refractivity contribution in [2.75, 3.05) is 32.1 Å². The van der Waals surface area contributed by atoms with Crippen molar-refractivity contribution in [2.45, 2.75) is 129 Å². The fourth-order valence-electron chi connectivity index (χ4n) is 10.5. The number of aliphatic carboxylic acids is 2. The number of hydrogen-bond donors (Lipinski definition) is 8. The van der Waals surface area contributed by atoms with Gasteiger partial charge < -0.3 is 46.1 Å². The van der Waals surface area contributed by atoms with E-state index in [0.717, 1.165) is 0 Å². The number of nitrogens with one attached hydrogen (secondary N) is 5. The van der Waals surface area contributed by atoms with Crippen molar-refractivity contribution in [3.05, 3.63) is 111 Å². The second-order valence-corrected chi connectivity index (χ2v) is 28.4. The Morgan fingerprint density at radius 1 is 0.734 bits per heavy atom. The summed E-state index contributed by atoms with van der Waals surface area (Å²) in [4.78, 5) is 136. The molecule has 0 spiro atoms. The summed E-state index contributed by atoms with van der Waals surface area (Å²) in [7, 11) is 2.99. The summed E-state index contributed by atoms with van der Waals surface area (Å²) in [5.41, 5.74) is 6.48. The number of thiazole rings is 6. The molecule has 496 valence electrons. The quantitative estimate of drug-likeness (QED) is 0.0370. The molecule has 8 N–H and O–H groups in total. The molecule has 10 bridgehead atoms. The molecule has 1 fully saturated rings. The molecule has 1 aliphatic heterocycles. The van der Waals surface area contributed by atoms with Crippen LogP contribution in [0.25, 0.3) is 43.4 Å². The van der Waals surface area contributed by atoms with Gasteiger partial charge in [0.15, 0.2) is 0 Å². The van der Waals surface area contributed by atoms with Gasteiger partial charge in [0.2, 0.25) is 11.8 Å². The maximum absolute atomic E-state index is 14.3. The van der Waals surface area contributed by atoms with Gasteiger partial charge in [-0.25, -0.2) is 39.7 Å². The summed E-state index contributed by atoms with van der Waals surface area (Å²) >= 11 is 7.47. The second kappa shape index (κ2) is 32.0. The lowest BCUT2D eigenvalue weighted by Crippen LogP contribution is -2.40. The van der Waals surface area contributed by atoms with E-state index in [1.165, 1.54) is 87.1 Å². The third kappa shape index (κ3) is 17.1. The normalized spacial score (nSPS) is 18.5. The molecule has 1 saturated carbocycles. The Kier molecular flexibility index (Phi) is 23.5. The second-order valence-electron chi connectivity index (χ2n) is 22.6. The highest BCUT2D eigenvalue weighted by molar-refractivity contribution is 7.15. The van der Waals surface area contributed by atoms with Crippen LogP contribution in [0.1, 0.15) is 159 Å². The summed E-state index contributed by atoms with van der Waals surface area (Å²) < 4.78 is 11.5. The van der Waals surface area contributed by atoms with E-state index in [0.29, 0.717) is 137 Å². The number of unbranched alkanes of at least 4 members (excludes halogenated alkanes) is 3. The number of amides is 5. The molecule has 32 heteroatoms. The maximum atomic E-state index is 14.3. The number of carbonyl (C=O) groups is 7. The van der Waals surface area contributed by atoms with Crippen LogP contribution in [-0.2, 0) is 46.7 Å². The van der Waals surface area contributed by atoms with E-state index in [9.17, 15) is 48.9 Å². The molecule has 0 radical (unpaired) electrons. The van der Waals surface area contributed by atoms with Crippen LogP contribution in [0.2, 0.25) is 0 Å². The average Bonchev–Trinajstić information content (AvgIpc) is 1.62. The van der Waals surface area contributed by atoms with Crippen LogP contribution in [-0.4, -0.2) is 125 Å². The minimum Gasteiger partial charge on any atom is -0.481 e. The van der Waals surface area contributed by atoms with E-state index in [1.54, 1.807) is 54.1 Å². The zero-order valence-corrected chi connectivity index (χ0v) is 56.6. The fourth-order valence-corrected chi connectivity index (χ4v) is 16.0. The molecule has 94 heavy (non-hydrogen) atoms. The van der Waals surface area contributed by atoms with Crippen molar-refractivity contribution in [3.63, 3.8) is 0 Å². The van der Waals surface area contributed by atoms with E-state index >= 15 is 0 Å². The molecule has 7 aromatic heterocycles. The molecule has 2 aliphatic rings. The number of fused-ring (bicyclic) bond motifs is 14. The van der Waals surface area contributed by atoms with Crippen molar-refractivity contribution in [3.8, 4) is 43.4 Å². The molecule has 1 unspecified atom stereocenters. The van der Waals surface area contributed by atoms with Crippen molar-refractivity contribution in [2.24, 2.45) is 11.8 Å². The standard InChI is InChI=1S/C62H69N13O13S6/c1-31(2)47-60-73-50(42(94-60)26-86-5)53(81)64-24-45(77)70-51(52(80)33-13-9-8-10-14-33)59-68-41(29-91-59)57-67-40(28-90-57)49-37(55-65-35(27-89-55)25-87-74-39(23-44(76)63-4)58-72-48(32(3)93-58)54(82)71-47)20-21-38(66-49)56-69-43(30-92-56)75(22-12-7-6-11-15-46(78)79)62(85)88-36-18-16-34(17-19-36)61(83)84/h8-10,13-14,20-21,27-31,34,36,39,47,51-52,74,80H,6-7,11-12,15-19,22-26H2,1-5H3,(H,63,76)(H,64,81)(H,70,77)(H,71,82)(H,78,79)(H,83,84)/t34-,36-,39-,47?,51-,52-/m0/s1. The molecule has 26 nitrogen and oxygen atoms in total. The third-order valence-electron chi connectivity index (χ3n) is 15.5. The lowest BCUT2D eigenvalue weighted by molar-refractivity contribution is -0.143. The van der Waals surface area contributed by atoms with Gasteiger partial charge in [0.25, 0.3) is 11.8 Å². The molecule has 8 heterocycles. The number of methoxy groups -OCH3 is 1. The molecule has 5 amide bonds. The molecule has 0 saturated heterocycles. The first kappa shape index (κ1) is 68.9. The smallest absolute Gasteiger partial charge is 0.415 e. The van der Waals surface area contributed by atoms with Crippen molar-refractivity contribution in [1.82, 2.24) is 61.6 Å². The first-order valence-electron chi connectivity index (χ1n) is 30.3. The predicted molar refractivity (Wildman–Crippen MR) is 355 cm³/mol. The Bertz CT molecular complexity index is 3990. The van der Waals surface area contributed by atoms with Crippen molar-refractivity contribution < 1.29 is 63.2 Å². The number of ether oxygens (including phenoxy) is 2. The number of carbonyl (C=O) groups excluding carboxylic acids is 5. The van der Waals surface area contributed by atoms with E-state index in [1.807, 2.05) is 30.7 Å². The van der Waals surface area contributed by atoms with Gasteiger partial charge in [0, 0.05) is 59.1 Å². The summed E-state index contributed by atoms with van der Waals surface area (Å²) in [6, 6.07) is 9.84. The fraction of sp³-hybridized carbons (Fsp3) is 0.419. The molecular weight excluding hydrogens is 1330 g/mol. The number of benzene rings is 1. The van der Waals surface area contributed by atoms with Gasteiger partial charge >= 0.3 is 18.0 Å². The number of rotatable bonds is 18. The number of carboxylic acid groups (broad SMARTS) is 2. The average molecular weight is 1400 g/mol. The van der Waals surface area contributed by atoms with Gasteiger partial charge in [0.05, 0.1) is 53.8 Å². The molecular formula is C62H69N13O13S6. The summed E-state index contributed by atoms with van der Waals surface area (Å²) in [5, 5.41) is 51.9. The summed E-state index contributed by atoms with van der Waals surface area (Å²) in [6.07, 6.45) is 1.43. The van der Waals surface area contributed by atoms with E-state index in [-0.39, 0.29) is 55.8 Å².